The number of aryl methyl sites for hydroxylation is 1. The van der Waals surface area contributed by atoms with Gasteiger partial charge >= 0.3 is 0 Å². The first kappa shape index (κ1) is 21.5. The molecule has 8 nitrogen and oxygen atoms in total. The summed E-state index contributed by atoms with van der Waals surface area (Å²) >= 11 is 1.80. The SMILES string of the molecule is CCC(C)Sc1ccc(NC(=O)c2nnn(-c3cccc([N+](=O)[O-])c3)c2C)c(C)c1. The Kier molecular flexibility index (Phi) is 6.51. The summed E-state index contributed by atoms with van der Waals surface area (Å²) in [5.41, 5.74) is 2.74. The van der Waals surface area contributed by atoms with Crippen molar-refractivity contribution in [2.75, 3.05) is 5.32 Å². The Hall–Kier alpha value is -3.20. The lowest BCUT2D eigenvalue weighted by atomic mass is 10.2. The number of benzene rings is 2. The second kappa shape index (κ2) is 9.08. The average Bonchev–Trinajstić information content (AvgIpc) is 3.11. The summed E-state index contributed by atoms with van der Waals surface area (Å²) in [4.78, 5) is 24.5. The minimum atomic E-state index is -0.477. The van der Waals surface area contributed by atoms with Gasteiger partial charge in [-0.3, -0.25) is 14.9 Å². The van der Waals surface area contributed by atoms with Crippen LogP contribution in [-0.4, -0.2) is 31.1 Å². The summed E-state index contributed by atoms with van der Waals surface area (Å²) in [6.45, 7) is 7.99. The number of nitrogens with one attached hydrogen (secondary N) is 1. The zero-order chi connectivity index (χ0) is 21.8. The van der Waals surface area contributed by atoms with Crippen molar-refractivity contribution in [2.24, 2.45) is 0 Å². The zero-order valence-corrected chi connectivity index (χ0v) is 18.1. The number of nitro benzene ring substituents is 1. The van der Waals surface area contributed by atoms with E-state index >= 15 is 0 Å². The summed E-state index contributed by atoms with van der Waals surface area (Å²) in [6, 6.07) is 12.0. The van der Waals surface area contributed by atoms with Crippen LogP contribution in [0.15, 0.2) is 47.4 Å². The fraction of sp³-hybridized carbons (Fsp3) is 0.286. The molecule has 2 aromatic carbocycles. The lowest BCUT2D eigenvalue weighted by Gasteiger charge is -2.12. The van der Waals surface area contributed by atoms with Gasteiger partial charge in [0.1, 0.15) is 0 Å². The standard InChI is InChI=1S/C21H23N5O3S/c1-5-14(3)30-18-9-10-19(13(2)11-18)22-21(27)20-15(4)25(24-23-20)16-7-6-8-17(12-16)26(28)29/h6-12,14H,5H2,1-4H3,(H,22,27). The van der Waals surface area contributed by atoms with E-state index in [0.29, 0.717) is 22.3 Å². The first-order valence-corrected chi connectivity index (χ1v) is 10.4. The van der Waals surface area contributed by atoms with Crippen LogP contribution in [0.4, 0.5) is 11.4 Å². The van der Waals surface area contributed by atoms with Crippen molar-refractivity contribution < 1.29 is 9.72 Å². The number of carbonyl (C=O) groups excluding carboxylic acids is 1. The maximum absolute atomic E-state index is 12.8. The molecule has 0 saturated heterocycles. The van der Waals surface area contributed by atoms with Crippen molar-refractivity contribution in [2.45, 2.75) is 44.3 Å². The molecule has 1 atom stereocenters. The van der Waals surface area contributed by atoms with Gasteiger partial charge in [0.25, 0.3) is 11.6 Å². The second-order valence-corrected chi connectivity index (χ2v) is 8.49. The molecular formula is C21H23N5O3S. The van der Waals surface area contributed by atoms with Crippen molar-refractivity contribution in [3.8, 4) is 5.69 Å². The summed E-state index contributed by atoms with van der Waals surface area (Å²) < 4.78 is 1.42. The normalized spacial score (nSPS) is 11.9. The van der Waals surface area contributed by atoms with E-state index in [1.807, 2.05) is 19.1 Å². The Morgan fingerprint density at radius 3 is 2.70 bits per heavy atom. The fourth-order valence-electron chi connectivity index (χ4n) is 2.87. The molecule has 0 fully saturated rings. The molecule has 1 unspecified atom stereocenters. The average molecular weight is 426 g/mol. The number of nitro groups is 1. The van der Waals surface area contributed by atoms with Gasteiger partial charge in [0.15, 0.2) is 5.69 Å². The third kappa shape index (κ3) is 4.68. The van der Waals surface area contributed by atoms with Crippen LogP contribution in [0.25, 0.3) is 5.69 Å². The highest BCUT2D eigenvalue weighted by Gasteiger charge is 2.19. The van der Waals surface area contributed by atoms with Crippen LogP contribution in [0, 0.1) is 24.0 Å². The smallest absolute Gasteiger partial charge is 0.278 e. The van der Waals surface area contributed by atoms with Gasteiger partial charge in [-0.15, -0.1) is 16.9 Å². The van der Waals surface area contributed by atoms with Crippen LogP contribution in [0.1, 0.15) is 42.0 Å². The van der Waals surface area contributed by atoms with Gasteiger partial charge in [0.2, 0.25) is 0 Å². The Bertz CT molecular complexity index is 1100. The molecule has 0 aliphatic carbocycles. The quantitative estimate of drug-likeness (QED) is 0.327. The number of rotatable bonds is 7. The van der Waals surface area contributed by atoms with E-state index in [1.165, 1.54) is 16.8 Å². The number of carbonyl (C=O) groups is 1. The van der Waals surface area contributed by atoms with Gasteiger partial charge in [0.05, 0.1) is 16.3 Å². The van der Waals surface area contributed by atoms with Gasteiger partial charge in [-0.25, -0.2) is 4.68 Å². The summed E-state index contributed by atoms with van der Waals surface area (Å²) in [5.74, 6) is -0.380. The Morgan fingerprint density at radius 2 is 2.03 bits per heavy atom. The molecule has 0 radical (unpaired) electrons. The van der Waals surface area contributed by atoms with Gasteiger partial charge in [-0.1, -0.05) is 25.1 Å². The molecule has 30 heavy (non-hydrogen) atoms. The Balaban J connectivity index is 1.80. The number of aromatic nitrogens is 3. The number of hydrogen-bond donors (Lipinski definition) is 1. The highest BCUT2D eigenvalue weighted by molar-refractivity contribution is 7.99. The van der Waals surface area contributed by atoms with Gasteiger partial charge in [-0.05, 0) is 50.1 Å². The predicted molar refractivity (Wildman–Crippen MR) is 117 cm³/mol. The summed E-state index contributed by atoms with van der Waals surface area (Å²) in [7, 11) is 0. The molecule has 1 heterocycles. The minimum absolute atomic E-state index is 0.0561. The number of anilines is 1. The number of amides is 1. The van der Waals surface area contributed by atoms with Gasteiger partial charge in [0, 0.05) is 28.0 Å². The van der Waals surface area contributed by atoms with Crippen LogP contribution < -0.4 is 5.32 Å². The Labute approximate surface area is 178 Å². The first-order valence-electron chi connectivity index (χ1n) is 9.56. The minimum Gasteiger partial charge on any atom is -0.320 e. The molecule has 3 aromatic rings. The highest BCUT2D eigenvalue weighted by atomic mass is 32.2. The number of hydrogen-bond acceptors (Lipinski definition) is 6. The topological polar surface area (TPSA) is 103 Å². The highest BCUT2D eigenvalue weighted by Crippen LogP contribution is 2.29. The lowest BCUT2D eigenvalue weighted by molar-refractivity contribution is -0.384. The largest absolute Gasteiger partial charge is 0.320 e. The van der Waals surface area contributed by atoms with Crippen molar-refractivity contribution in [3.05, 3.63) is 69.5 Å². The second-order valence-electron chi connectivity index (χ2n) is 6.98. The van der Waals surface area contributed by atoms with Crippen molar-refractivity contribution >= 4 is 29.0 Å². The van der Waals surface area contributed by atoms with E-state index < -0.39 is 4.92 Å². The van der Waals surface area contributed by atoms with Crippen molar-refractivity contribution in [3.63, 3.8) is 0 Å². The molecule has 0 spiro atoms. The number of non-ortho nitro benzene ring substituents is 1. The van der Waals surface area contributed by atoms with E-state index in [0.717, 1.165) is 16.9 Å². The first-order chi connectivity index (χ1) is 14.3. The maximum Gasteiger partial charge on any atom is 0.278 e. The molecule has 0 aliphatic heterocycles. The van der Waals surface area contributed by atoms with E-state index in [4.69, 9.17) is 0 Å². The molecule has 0 bridgehead atoms. The summed E-state index contributed by atoms with van der Waals surface area (Å²) in [6.07, 6.45) is 1.09. The van der Waals surface area contributed by atoms with Crippen LogP contribution >= 0.6 is 11.8 Å². The van der Waals surface area contributed by atoms with E-state index in [1.54, 1.807) is 30.8 Å². The molecule has 3 rings (SSSR count). The maximum atomic E-state index is 12.8. The van der Waals surface area contributed by atoms with Crippen LogP contribution in [0.5, 0.6) is 0 Å². The van der Waals surface area contributed by atoms with E-state index in [2.05, 4.69) is 35.5 Å². The molecule has 1 N–H and O–H groups in total. The molecule has 156 valence electrons. The third-order valence-corrected chi connectivity index (χ3v) is 6.01. The monoisotopic (exact) mass is 425 g/mol. The third-order valence-electron chi connectivity index (χ3n) is 4.75. The lowest BCUT2D eigenvalue weighted by Crippen LogP contribution is -2.15. The van der Waals surface area contributed by atoms with Crippen LogP contribution in [-0.2, 0) is 0 Å². The van der Waals surface area contributed by atoms with Gasteiger partial charge in [-0.2, -0.15) is 0 Å². The molecular weight excluding hydrogens is 402 g/mol. The van der Waals surface area contributed by atoms with Crippen LogP contribution in [0.3, 0.4) is 0 Å². The Morgan fingerprint density at radius 1 is 1.27 bits per heavy atom. The summed E-state index contributed by atoms with van der Waals surface area (Å²) in [5, 5.41) is 22.4. The molecule has 1 aromatic heterocycles. The van der Waals surface area contributed by atoms with E-state index in [-0.39, 0.29) is 17.3 Å². The fourth-order valence-corrected chi connectivity index (χ4v) is 3.89. The van der Waals surface area contributed by atoms with E-state index in [9.17, 15) is 14.9 Å². The molecule has 9 heteroatoms. The molecule has 0 saturated carbocycles. The van der Waals surface area contributed by atoms with Crippen LogP contribution in [0.2, 0.25) is 0 Å². The number of thioether (sulfide) groups is 1. The molecule has 0 aliphatic rings. The van der Waals surface area contributed by atoms with Crippen molar-refractivity contribution in [1.82, 2.24) is 15.0 Å². The predicted octanol–water partition coefficient (Wildman–Crippen LogP) is 4.94. The number of nitrogens with zero attached hydrogens (tertiary/aromatic N) is 4. The van der Waals surface area contributed by atoms with Crippen molar-refractivity contribution in [1.29, 1.82) is 0 Å². The molecule has 1 amide bonds. The zero-order valence-electron chi connectivity index (χ0n) is 17.2. The van der Waals surface area contributed by atoms with Gasteiger partial charge < -0.3 is 5.32 Å².